The third-order valence-electron chi connectivity index (χ3n) is 7.32. The lowest BCUT2D eigenvalue weighted by Crippen LogP contribution is -2.44. The second-order valence-corrected chi connectivity index (χ2v) is 8.36. The van der Waals surface area contributed by atoms with Gasteiger partial charge in [0.1, 0.15) is 0 Å². The number of rotatable bonds is 0. The Morgan fingerprint density at radius 3 is 2.70 bits per heavy atom. The second-order valence-electron chi connectivity index (χ2n) is 8.36. The highest BCUT2D eigenvalue weighted by Crippen LogP contribution is 2.63. The van der Waals surface area contributed by atoms with Crippen molar-refractivity contribution in [2.24, 2.45) is 22.7 Å². The van der Waals surface area contributed by atoms with Crippen molar-refractivity contribution >= 4 is 0 Å². The van der Waals surface area contributed by atoms with Crippen molar-refractivity contribution in [2.45, 2.75) is 71.3 Å². The van der Waals surface area contributed by atoms with Gasteiger partial charge in [-0.1, -0.05) is 43.6 Å². The van der Waals surface area contributed by atoms with Crippen molar-refractivity contribution in [3.05, 3.63) is 23.3 Å². The van der Waals surface area contributed by atoms with Crippen molar-refractivity contribution in [2.75, 3.05) is 0 Å². The van der Waals surface area contributed by atoms with Crippen molar-refractivity contribution in [3.8, 4) is 0 Å². The number of fused-ring (bicyclic) bond motifs is 5. The topological polar surface area (TPSA) is 20.2 Å². The van der Waals surface area contributed by atoms with Gasteiger partial charge in [-0.25, -0.2) is 0 Å². The molecule has 0 aromatic heterocycles. The summed E-state index contributed by atoms with van der Waals surface area (Å²) in [6, 6.07) is 0. The fourth-order valence-corrected chi connectivity index (χ4v) is 5.97. The summed E-state index contributed by atoms with van der Waals surface area (Å²) in [4.78, 5) is 0. The molecule has 4 aliphatic rings. The molecule has 110 valence electrons. The van der Waals surface area contributed by atoms with E-state index in [9.17, 15) is 5.11 Å². The molecular formula is C19H28O. The Balaban J connectivity index is 1.74. The summed E-state index contributed by atoms with van der Waals surface area (Å²) in [6.45, 7) is 5.02. The molecule has 0 radical (unpaired) electrons. The average molecular weight is 272 g/mol. The second kappa shape index (κ2) is 4.22. The summed E-state index contributed by atoms with van der Waals surface area (Å²) in [6.07, 6.45) is 14.9. The standard InChI is InChI=1S/C19H28O/c1-18-9-3-4-16(18)15-6-5-13-12-14(20)7-11-19(13,2)17(15)8-10-18/h5-6,14,16-17,20H,3-4,7-12H2,1-2H3. The van der Waals surface area contributed by atoms with Gasteiger partial charge in [0.25, 0.3) is 0 Å². The summed E-state index contributed by atoms with van der Waals surface area (Å²) >= 11 is 0. The minimum atomic E-state index is -0.0930. The summed E-state index contributed by atoms with van der Waals surface area (Å²) in [5.41, 5.74) is 4.26. The Kier molecular flexibility index (Phi) is 2.77. The summed E-state index contributed by atoms with van der Waals surface area (Å²) < 4.78 is 0. The van der Waals surface area contributed by atoms with Crippen LogP contribution in [-0.2, 0) is 0 Å². The first-order valence-electron chi connectivity index (χ1n) is 8.62. The maximum Gasteiger partial charge on any atom is 0.0578 e. The lowest BCUT2D eigenvalue weighted by molar-refractivity contribution is 0.0585. The molecule has 0 saturated heterocycles. The Labute approximate surface area is 123 Å². The normalized spacial score (nSPS) is 50.6. The maximum atomic E-state index is 9.99. The zero-order valence-corrected chi connectivity index (χ0v) is 13.0. The number of aliphatic hydroxyl groups is 1. The number of hydrogen-bond donors (Lipinski definition) is 1. The molecule has 0 bridgehead atoms. The molecule has 0 amide bonds. The Bertz CT molecular complexity index is 488. The molecule has 1 nitrogen and oxygen atoms in total. The summed E-state index contributed by atoms with van der Waals surface area (Å²) in [5, 5.41) is 9.99. The van der Waals surface area contributed by atoms with E-state index in [1.54, 1.807) is 5.57 Å². The smallest absolute Gasteiger partial charge is 0.0578 e. The van der Waals surface area contributed by atoms with Crippen LogP contribution in [0.4, 0.5) is 0 Å². The first-order valence-corrected chi connectivity index (χ1v) is 8.62. The Hall–Kier alpha value is -0.560. The van der Waals surface area contributed by atoms with Gasteiger partial charge in [0.2, 0.25) is 0 Å². The first kappa shape index (κ1) is 13.1. The van der Waals surface area contributed by atoms with Crippen LogP contribution in [-0.4, -0.2) is 11.2 Å². The molecule has 5 atom stereocenters. The van der Waals surface area contributed by atoms with E-state index in [0.717, 1.165) is 24.7 Å². The third kappa shape index (κ3) is 1.65. The third-order valence-corrected chi connectivity index (χ3v) is 7.32. The van der Waals surface area contributed by atoms with Crippen molar-refractivity contribution in [3.63, 3.8) is 0 Å². The quantitative estimate of drug-likeness (QED) is 0.682. The highest BCUT2D eigenvalue weighted by Gasteiger charge is 2.52. The molecule has 0 aliphatic heterocycles. The highest BCUT2D eigenvalue weighted by atomic mass is 16.3. The van der Waals surface area contributed by atoms with Crippen LogP contribution in [0.3, 0.4) is 0 Å². The summed E-state index contributed by atoms with van der Waals surface area (Å²) in [5.74, 6) is 1.62. The van der Waals surface area contributed by atoms with Crippen molar-refractivity contribution in [1.82, 2.24) is 0 Å². The van der Waals surface area contributed by atoms with Gasteiger partial charge in [-0.2, -0.15) is 0 Å². The van der Waals surface area contributed by atoms with Crippen LogP contribution in [0.2, 0.25) is 0 Å². The van der Waals surface area contributed by atoms with Gasteiger partial charge < -0.3 is 5.11 Å². The molecule has 1 N–H and O–H groups in total. The van der Waals surface area contributed by atoms with E-state index in [1.165, 1.54) is 44.1 Å². The number of aliphatic hydroxyl groups excluding tert-OH is 1. The van der Waals surface area contributed by atoms with E-state index in [2.05, 4.69) is 26.0 Å². The number of hydrogen-bond acceptors (Lipinski definition) is 1. The highest BCUT2D eigenvalue weighted by molar-refractivity contribution is 5.38. The minimum absolute atomic E-state index is 0.0930. The first-order chi connectivity index (χ1) is 9.53. The summed E-state index contributed by atoms with van der Waals surface area (Å²) in [7, 11) is 0. The maximum absolute atomic E-state index is 9.99. The van der Waals surface area contributed by atoms with Gasteiger partial charge in [0, 0.05) is 0 Å². The van der Waals surface area contributed by atoms with E-state index in [0.29, 0.717) is 10.8 Å². The lowest BCUT2D eigenvalue weighted by atomic mass is 9.51. The zero-order valence-electron chi connectivity index (χ0n) is 13.0. The molecule has 3 fully saturated rings. The van der Waals surface area contributed by atoms with Gasteiger partial charge in [0.15, 0.2) is 0 Å². The molecule has 0 aromatic rings. The SMILES string of the molecule is CC12CCCC1C1=CC=C3CC(O)CCC3(C)C1CC2. The van der Waals surface area contributed by atoms with Gasteiger partial charge in [-0.15, -0.1) is 0 Å². The predicted molar refractivity (Wildman–Crippen MR) is 82.3 cm³/mol. The van der Waals surface area contributed by atoms with Crippen LogP contribution >= 0.6 is 0 Å². The fourth-order valence-electron chi connectivity index (χ4n) is 5.97. The van der Waals surface area contributed by atoms with Gasteiger partial charge in [0.05, 0.1) is 6.10 Å². The Morgan fingerprint density at radius 1 is 1.00 bits per heavy atom. The van der Waals surface area contributed by atoms with Crippen LogP contribution < -0.4 is 0 Å². The van der Waals surface area contributed by atoms with E-state index in [-0.39, 0.29) is 6.10 Å². The lowest BCUT2D eigenvalue weighted by Gasteiger charge is -2.53. The number of allylic oxidation sites excluding steroid dienone is 3. The zero-order chi connectivity index (χ0) is 14.0. The van der Waals surface area contributed by atoms with Gasteiger partial charge >= 0.3 is 0 Å². The minimum Gasteiger partial charge on any atom is -0.393 e. The predicted octanol–water partition coefficient (Wildman–Crippen LogP) is 4.62. The average Bonchev–Trinajstić information content (AvgIpc) is 2.81. The van der Waals surface area contributed by atoms with E-state index < -0.39 is 0 Å². The van der Waals surface area contributed by atoms with E-state index in [1.807, 2.05) is 0 Å². The molecule has 1 heteroatoms. The van der Waals surface area contributed by atoms with Crippen LogP contribution in [0.15, 0.2) is 23.3 Å². The van der Waals surface area contributed by atoms with Crippen LogP contribution in [0.1, 0.15) is 65.2 Å². The van der Waals surface area contributed by atoms with Crippen LogP contribution in [0.5, 0.6) is 0 Å². The molecule has 4 rings (SSSR count). The Morgan fingerprint density at radius 2 is 1.85 bits per heavy atom. The molecule has 20 heavy (non-hydrogen) atoms. The molecule has 5 unspecified atom stereocenters. The van der Waals surface area contributed by atoms with Crippen molar-refractivity contribution < 1.29 is 5.11 Å². The largest absolute Gasteiger partial charge is 0.393 e. The van der Waals surface area contributed by atoms with Gasteiger partial charge in [-0.05, 0) is 67.6 Å². The molecule has 0 aromatic carbocycles. The van der Waals surface area contributed by atoms with Crippen LogP contribution in [0.25, 0.3) is 0 Å². The van der Waals surface area contributed by atoms with E-state index in [4.69, 9.17) is 0 Å². The molecule has 0 spiro atoms. The fraction of sp³-hybridized carbons (Fsp3) is 0.789. The molecule has 4 aliphatic carbocycles. The molecule has 0 heterocycles. The molecular weight excluding hydrogens is 244 g/mol. The van der Waals surface area contributed by atoms with Crippen molar-refractivity contribution in [1.29, 1.82) is 0 Å². The molecule has 3 saturated carbocycles. The van der Waals surface area contributed by atoms with Crippen LogP contribution in [0, 0.1) is 22.7 Å². The monoisotopic (exact) mass is 272 g/mol. The van der Waals surface area contributed by atoms with E-state index >= 15 is 0 Å². The van der Waals surface area contributed by atoms with Gasteiger partial charge in [-0.3, -0.25) is 0 Å².